The fourth-order valence-electron chi connectivity index (χ4n) is 3.51. The van der Waals surface area contributed by atoms with Crippen molar-refractivity contribution in [2.45, 2.75) is 76.5 Å². The summed E-state index contributed by atoms with van der Waals surface area (Å²) < 4.78 is 1.72. The predicted octanol–water partition coefficient (Wildman–Crippen LogP) is 3.55. The third-order valence-electron chi connectivity index (χ3n) is 5.12. The summed E-state index contributed by atoms with van der Waals surface area (Å²) in [6.07, 6.45) is 6.62. The summed E-state index contributed by atoms with van der Waals surface area (Å²) in [5.74, 6) is 0.311. The highest BCUT2D eigenvalue weighted by atomic mass is 32.2. The number of aromatic nitrogens is 3. The third kappa shape index (κ3) is 4.14. The van der Waals surface area contributed by atoms with Crippen molar-refractivity contribution in [2.75, 3.05) is 5.75 Å². The van der Waals surface area contributed by atoms with Crippen LogP contribution in [0.15, 0.2) is 16.0 Å². The van der Waals surface area contributed by atoms with Crippen LogP contribution >= 0.6 is 11.8 Å². The summed E-state index contributed by atoms with van der Waals surface area (Å²) in [6, 6.07) is 2.22. The van der Waals surface area contributed by atoms with Gasteiger partial charge in [0.05, 0.1) is 11.3 Å². The van der Waals surface area contributed by atoms with Gasteiger partial charge in [0.15, 0.2) is 5.16 Å². The molecule has 2 heterocycles. The quantitative estimate of drug-likeness (QED) is 0.597. The standard InChI is InChI=1S/C19H28N4O2S/c1-4-13(3)23-18(25)17-15(10-12(2)20-17)22-19(23)26-11-16(24)21-14-8-6-5-7-9-14/h10,13-14,20H,4-9,11H2,1-3H3,(H,21,24)/t13-/m1/s1. The fraction of sp³-hybridized carbons (Fsp3) is 0.632. The smallest absolute Gasteiger partial charge is 0.278 e. The van der Waals surface area contributed by atoms with Crippen molar-refractivity contribution >= 4 is 28.7 Å². The number of rotatable bonds is 6. The molecule has 0 spiro atoms. The summed E-state index contributed by atoms with van der Waals surface area (Å²) in [5.41, 5.74) is 2.06. The molecule has 1 aliphatic rings. The van der Waals surface area contributed by atoms with Gasteiger partial charge in [0, 0.05) is 17.8 Å². The lowest BCUT2D eigenvalue weighted by Gasteiger charge is -2.23. The molecule has 26 heavy (non-hydrogen) atoms. The molecule has 0 aliphatic heterocycles. The summed E-state index contributed by atoms with van der Waals surface area (Å²) in [5, 5.41) is 3.75. The van der Waals surface area contributed by atoms with Crippen molar-refractivity contribution in [3.05, 3.63) is 22.1 Å². The molecule has 142 valence electrons. The number of amides is 1. The fourth-order valence-corrected chi connectivity index (χ4v) is 4.42. The number of nitrogens with zero attached hydrogens (tertiary/aromatic N) is 2. The SMILES string of the molecule is CC[C@@H](C)n1c(SCC(=O)NC2CCCCC2)nc2cc(C)[nH]c2c1=O. The number of carbonyl (C=O) groups is 1. The molecular formula is C19H28N4O2S. The van der Waals surface area contributed by atoms with E-state index in [9.17, 15) is 9.59 Å². The molecule has 1 amide bonds. The Bertz CT molecular complexity index is 836. The maximum atomic E-state index is 12.9. The van der Waals surface area contributed by atoms with Crippen molar-refractivity contribution < 1.29 is 4.79 Å². The molecule has 0 radical (unpaired) electrons. The van der Waals surface area contributed by atoms with E-state index in [1.807, 2.05) is 26.8 Å². The van der Waals surface area contributed by atoms with Crippen LogP contribution in [-0.4, -0.2) is 32.2 Å². The molecule has 2 aromatic heterocycles. The molecule has 1 atom stereocenters. The minimum absolute atomic E-state index is 0.0252. The van der Waals surface area contributed by atoms with Crippen LogP contribution in [0.1, 0.15) is 64.1 Å². The molecule has 6 nitrogen and oxygen atoms in total. The van der Waals surface area contributed by atoms with E-state index in [0.717, 1.165) is 25.0 Å². The van der Waals surface area contributed by atoms with E-state index in [1.165, 1.54) is 31.0 Å². The van der Waals surface area contributed by atoms with Crippen LogP contribution in [0.25, 0.3) is 11.0 Å². The molecule has 1 saturated carbocycles. The molecule has 2 N–H and O–H groups in total. The number of aromatic amines is 1. The van der Waals surface area contributed by atoms with Crippen molar-refractivity contribution in [3.63, 3.8) is 0 Å². The molecule has 3 rings (SSSR count). The summed E-state index contributed by atoms with van der Waals surface area (Å²) >= 11 is 1.35. The zero-order valence-electron chi connectivity index (χ0n) is 15.8. The Balaban J connectivity index is 1.79. The van der Waals surface area contributed by atoms with Gasteiger partial charge < -0.3 is 10.3 Å². The number of H-pyrrole nitrogens is 1. The highest BCUT2D eigenvalue weighted by molar-refractivity contribution is 7.99. The first-order valence-electron chi connectivity index (χ1n) is 9.53. The minimum Gasteiger partial charge on any atom is -0.353 e. The number of hydrogen-bond donors (Lipinski definition) is 2. The van der Waals surface area contributed by atoms with E-state index in [2.05, 4.69) is 15.3 Å². The Labute approximate surface area is 158 Å². The molecule has 2 aromatic rings. The van der Waals surface area contributed by atoms with Crippen molar-refractivity contribution in [2.24, 2.45) is 0 Å². The van der Waals surface area contributed by atoms with Gasteiger partial charge in [-0.1, -0.05) is 37.9 Å². The molecule has 7 heteroatoms. The summed E-state index contributed by atoms with van der Waals surface area (Å²) in [4.78, 5) is 33.0. The topological polar surface area (TPSA) is 79.8 Å². The van der Waals surface area contributed by atoms with Crippen LogP contribution in [0, 0.1) is 6.92 Å². The van der Waals surface area contributed by atoms with E-state index in [-0.39, 0.29) is 23.3 Å². The predicted molar refractivity (Wildman–Crippen MR) is 106 cm³/mol. The second-order valence-electron chi connectivity index (χ2n) is 7.23. The maximum absolute atomic E-state index is 12.9. The zero-order valence-corrected chi connectivity index (χ0v) is 16.6. The number of thioether (sulfide) groups is 1. The van der Waals surface area contributed by atoms with E-state index in [0.29, 0.717) is 22.2 Å². The third-order valence-corrected chi connectivity index (χ3v) is 6.07. The average Bonchev–Trinajstić information content (AvgIpc) is 3.01. The first-order chi connectivity index (χ1) is 12.5. The Kier molecular flexibility index (Phi) is 6.06. The first kappa shape index (κ1) is 19.0. The average molecular weight is 377 g/mol. The van der Waals surface area contributed by atoms with E-state index in [1.54, 1.807) is 4.57 Å². The van der Waals surface area contributed by atoms with Crippen LogP contribution < -0.4 is 10.9 Å². The first-order valence-corrected chi connectivity index (χ1v) is 10.5. The highest BCUT2D eigenvalue weighted by Gasteiger charge is 2.19. The van der Waals surface area contributed by atoms with Gasteiger partial charge in [-0.2, -0.15) is 0 Å². The van der Waals surface area contributed by atoms with E-state index >= 15 is 0 Å². The summed E-state index contributed by atoms with van der Waals surface area (Å²) in [7, 11) is 0. The Morgan fingerprint density at radius 1 is 1.42 bits per heavy atom. The number of carbonyl (C=O) groups excluding carboxylic acids is 1. The molecule has 1 fully saturated rings. The number of hydrogen-bond acceptors (Lipinski definition) is 4. The Morgan fingerprint density at radius 3 is 2.85 bits per heavy atom. The molecule has 0 saturated heterocycles. The molecule has 0 bridgehead atoms. The monoisotopic (exact) mass is 376 g/mol. The van der Waals surface area contributed by atoms with E-state index < -0.39 is 0 Å². The van der Waals surface area contributed by atoms with Crippen molar-refractivity contribution in [1.82, 2.24) is 19.9 Å². The van der Waals surface area contributed by atoms with Gasteiger partial charge in [0.25, 0.3) is 5.56 Å². The van der Waals surface area contributed by atoms with Crippen LogP contribution in [0.5, 0.6) is 0 Å². The zero-order chi connectivity index (χ0) is 18.7. The lowest BCUT2D eigenvalue weighted by atomic mass is 9.95. The second kappa shape index (κ2) is 8.29. The molecule has 1 aliphatic carbocycles. The van der Waals surface area contributed by atoms with E-state index in [4.69, 9.17) is 0 Å². The number of nitrogens with one attached hydrogen (secondary N) is 2. The van der Waals surface area contributed by atoms with Gasteiger partial charge >= 0.3 is 0 Å². The molecule has 0 unspecified atom stereocenters. The number of aryl methyl sites for hydroxylation is 1. The van der Waals surface area contributed by atoms with Crippen LogP contribution in [-0.2, 0) is 4.79 Å². The second-order valence-corrected chi connectivity index (χ2v) is 8.17. The van der Waals surface area contributed by atoms with Gasteiger partial charge in [0.1, 0.15) is 5.52 Å². The highest BCUT2D eigenvalue weighted by Crippen LogP contribution is 2.23. The summed E-state index contributed by atoms with van der Waals surface area (Å²) in [6.45, 7) is 5.97. The lowest BCUT2D eigenvalue weighted by molar-refractivity contribution is -0.119. The van der Waals surface area contributed by atoms with Crippen LogP contribution in [0.3, 0.4) is 0 Å². The Morgan fingerprint density at radius 2 is 2.15 bits per heavy atom. The minimum atomic E-state index is -0.0624. The lowest BCUT2D eigenvalue weighted by Crippen LogP contribution is -2.37. The Hall–Kier alpha value is -1.76. The van der Waals surface area contributed by atoms with Gasteiger partial charge in [-0.05, 0) is 39.2 Å². The van der Waals surface area contributed by atoms with Crippen LogP contribution in [0.4, 0.5) is 0 Å². The van der Waals surface area contributed by atoms with Gasteiger partial charge in [-0.15, -0.1) is 0 Å². The van der Waals surface area contributed by atoms with Crippen molar-refractivity contribution in [1.29, 1.82) is 0 Å². The van der Waals surface area contributed by atoms with Gasteiger partial charge in [0.2, 0.25) is 5.91 Å². The van der Waals surface area contributed by atoms with Crippen molar-refractivity contribution in [3.8, 4) is 0 Å². The van der Waals surface area contributed by atoms with Gasteiger partial charge in [-0.3, -0.25) is 14.2 Å². The number of fused-ring (bicyclic) bond motifs is 1. The molecule has 0 aromatic carbocycles. The normalized spacial score (nSPS) is 16.7. The van der Waals surface area contributed by atoms with Crippen LogP contribution in [0.2, 0.25) is 0 Å². The maximum Gasteiger partial charge on any atom is 0.278 e. The molecular weight excluding hydrogens is 348 g/mol. The largest absolute Gasteiger partial charge is 0.353 e. The van der Waals surface area contributed by atoms with Gasteiger partial charge in [-0.25, -0.2) is 4.98 Å².